The van der Waals surface area contributed by atoms with E-state index in [1.54, 1.807) is 0 Å². The Morgan fingerprint density at radius 2 is 2.09 bits per heavy atom. The zero-order chi connectivity index (χ0) is 24.3. The quantitative estimate of drug-likeness (QED) is 0.389. The SMILES string of the molecule is C/C(OC1CC1C)=C(/N)CCOC1=CCC(C[C@@H](CO)N(CCC#N)Cc2ccccc2)C=C1. The number of aliphatic hydroxyl groups is 1. The molecule has 1 aromatic carbocycles. The molecule has 4 atom stereocenters. The average Bonchev–Trinajstić information content (AvgIpc) is 3.55. The average molecular weight is 466 g/mol. The molecule has 1 saturated carbocycles. The fourth-order valence-corrected chi connectivity index (χ4v) is 4.23. The highest BCUT2D eigenvalue weighted by atomic mass is 16.5. The monoisotopic (exact) mass is 465 g/mol. The van der Waals surface area contributed by atoms with Crippen molar-refractivity contribution in [3.05, 3.63) is 71.3 Å². The summed E-state index contributed by atoms with van der Waals surface area (Å²) in [6.07, 6.45) is 10.5. The summed E-state index contributed by atoms with van der Waals surface area (Å²) in [5.41, 5.74) is 8.09. The van der Waals surface area contributed by atoms with Crippen LogP contribution in [0.4, 0.5) is 0 Å². The molecule has 184 valence electrons. The van der Waals surface area contributed by atoms with Crippen molar-refractivity contribution in [2.75, 3.05) is 19.8 Å². The molecule has 0 aliphatic heterocycles. The topological polar surface area (TPSA) is 91.7 Å². The first-order chi connectivity index (χ1) is 16.5. The molecular weight excluding hydrogens is 426 g/mol. The van der Waals surface area contributed by atoms with Gasteiger partial charge in [0.15, 0.2) is 0 Å². The minimum absolute atomic E-state index is 0.00108. The summed E-state index contributed by atoms with van der Waals surface area (Å²) in [5.74, 6) is 2.64. The van der Waals surface area contributed by atoms with Gasteiger partial charge in [-0.05, 0) is 55.7 Å². The molecule has 0 spiro atoms. The molecule has 0 aromatic heterocycles. The van der Waals surface area contributed by atoms with Crippen molar-refractivity contribution >= 4 is 0 Å². The number of benzene rings is 1. The summed E-state index contributed by atoms with van der Waals surface area (Å²) in [6.45, 7) is 6.08. The van der Waals surface area contributed by atoms with Crippen molar-refractivity contribution in [1.29, 1.82) is 5.26 Å². The number of nitrogens with zero attached hydrogens (tertiary/aromatic N) is 2. The van der Waals surface area contributed by atoms with Gasteiger partial charge in [-0.3, -0.25) is 4.90 Å². The minimum Gasteiger partial charge on any atom is -0.494 e. The Hall–Kier alpha value is -2.75. The van der Waals surface area contributed by atoms with Gasteiger partial charge >= 0.3 is 0 Å². The molecular formula is C28H39N3O3. The van der Waals surface area contributed by atoms with E-state index in [1.165, 1.54) is 5.56 Å². The minimum atomic E-state index is 0.00108. The maximum atomic E-state index is 10.1. The maximum Gasteiger partial charge on any atom is 0.115 e. The Bertz CT molecular complexity index is 903. The smallest absolute Gasteiger partial charge is 0.115 e. The fraction of sp³-hybridized carbons (Fsp3) is 0.536. The van der Waals surface area contributed by atoms with Crippen LogP contribution in [0.2, 0.25) is 0 Å². The van der Waals surface area contributed by atoms with Gasteiger partial charge in [-0.1, -0.05) is 43.3 Å². The van der Waals surface area contributed by atoms with Crippen LogP contribution in [0.1, 0.15) is 51.5 Å². The normalized spacial score (nSPS) is 23.0. The third kappa shape index (κ3) is 8.23. The van der Waals surface area contributed by atoms with Crippen LogP contribution in [-0.4, -0.2) is 41.9 Å². The molecule has 2 aliphatic carbocycles. The van der Waals surface area contributed by atoms with Crippen molar-refractivity contribution in [2.45, 2.75) is 64.6 Å². The van der Waals surface area contributed by atoms with E-state index in [4.69, 9.17) is 20.5 Å². The second-order valence-electron chi connectivity index (χ2n) is 9.45. The van der Waals surface area contributed by atoms with Gasteiger partial charge in [0.05, 0.1) is 19.3 Å². The molecule has 3 unspecified atom stereocenters. The second-order valence-corrected chi connectivity index (χ2v) is 9.45. The van der Waals surface area contributed by atoms with Crippen LogP contribution in [0.3, 0.4) is 0 Å². The highest BCUT2D eigenvalue weighted by Crippen LogP contribution is 2.34. The summed E-state index contributed by atoms with van der Waals surface area (Å²) in [7, 11) is 0. The number of rotatable bonds is 14. The summed E-state index contributed by atoms with van der Waals surface area (Å²) >= 11 is 0. The van der Waals surface area contributed by atoms with E-state index in [2.05, 4.69) is 42.2 Å². The van der Waals surface area contributed by atoms with Crippen molar-refractivity contribution < 1.29 is 14.6 Å². The fourth-order valence-electron chi connectivity index (χ4n) is 4.23. The van der Waals surface area contributed by atoms with E-state index in [9.17, 15) is 5.11 Å². The molecule has 6 heteroatoms. The van der Waals surface area contributed by atoms with Gasteiger partial charge in [0.1, 0.15) is 17.6 Å². The first-order valence-electron chi connectivity index (χ1n) is 12.4. The van der Waals surface area contributed by atoms with Crippen LogP contribution in [0.15, 0.2) is 65.8 Å². The third-order valence-electron chi connectivity index (χ3n) is 6.65. The largest absolute Gasteiger partial charge is 0.494 e. The Kier molecular flexibility index (Phi) is 10.1. The van der Waals surface area contributed by atoms with Crippen LogP contribution in [0.25, 0.3) is 0 Å². The van der Waals surface area contributed by atoms with Crippen LogP contribution >= 0.6 is 0 Å². The van der Waals surface area contributed by atoms with Crippen molar-refractivity contribution in [1.82, 2.24) is 4.90 Å². The Labute approximate surface area is 204 Å². The number of nitrogens with two attached hydrogens (primary N) is 1. The molecule has 6 nitrogen and oxygen atoms in total. The predicted molar refractivity (Wildman–Crippen MR) is 134 cm³/mol. The molecule has 0 bridgehead atoms. The van der Waals surface area contributed by atoms with Gasteiger partial charge in [0.2, 0.25) is 0 Å². The lowest BCUT2D eigenvalue weighted by molar-refractivity contribution is 0.103. The van der Waals surface area contributed by atoms with Crippen LogP contribution in [0, 0.1) is 23.2 Å². The molecule has 1 aromatic rings. The summed E-state index contributed by atoms with van der Waals surface area (Å²) in [4.78, 5) is 2.23. The van der Waals surface area contributed by atoms with E-state index in [1.807, 2.05) is 31.2 Å². The highest BCUT2D eigenvalue weighted by Gasteiger charge is 2.35. The lowest BCUT2D eigenvalue weighted by Crippen LogP contribution is -2.39. The second kappa shape index (κ2) is 13.2. The van der Waals surface area contributed by atoms with Crippen molar-refractivity contribution in [3.63, 3.8) is 0 Å². The molecule has 3 rings (SSSR count). The van der Waals surface area contributed by atoms with E-state index in [0.29, 0.717) is 43.9 Å². The number of ether oxygens (including phenoxy) is 2. The van der Waals surface area contributed by atoms with Crippen molar-refractivity contribution in [2.24, 2.45) is 17.6 Å². The molecule has 34 heavy (non-hydrogen) atoms. The van der Waals surface area contributed by atoms with Gasteiger partial charge in [-0.25, -0.2) is 0 Å². The third-order valence-corrected chi connectivity index (χ3v) is 6.65. The van der Waals surface area contributed by atoms with Gasteiger partial charge in [0, 0.05) is 37.7 Å². The van der Waals surface area contributed by atoms with Crippen LogP contribution in [0.5, 0.6) is 0 Å². The van der Waals surface area contributed by atoms with E-state index < -0.39 is 0 Å². The van der Waals surface area contributed by atoms with E-state index in [0.717, 1.165) is 43.0 Å². The van der Waals surface area contributed by atoms with Crippen LogP contribution < -0.4 is 5.73 Å². The predicted octanol–water partition coefficient (Wildman–Crippen LogP) is 4.64. The van der Waals surface area contributed by atoms with Gasteiger partial charge < -0.3 is 20.3 Å². The molecule has 0 radical (unpaired) electrons. The van der Waals surface area contributed by atoms with Gasteiger partial charge in [0.25, 0.3) is 0 Å². The molecule has 0 heterocycles. The number of hydrogen-bond acceptors (Lipinski definition) is 6. The van der Waals surface area contributed by atoms with Crippen LogP contribution in [-0.2, 0) is 16.0 Å². The lowest BCUT2D eigenvalue weighted by Gasteiger charge is -2.32. The summed E-state index contributed by atoms with van der Waals surface area (Å²) in [5, 5.41) is 19.2. The number of allylic oxidation sites excluding steroid dienone is 4. The highest BCUT2D eigenvalue weighted by molar-refractivity contribution is 5.19. The standard InChI is InChI=1S/C28H39N3O3/c1-21-17-28(21)34-22(2)27(30)13-16-33-26-11-9-23(10-12-26)18-25(20-32)31(15-6-14-29)19-24-7-4-3-5-8-24/h3-5,7-9,11-12,21,23,25,28,32H,6,10,13,15-20,30H2,1-2H3/b27-22-/t21?,23?,25-,28?/m0/s1. The Balaban J connectivity index is 1.45. The molecule has 3 N–H and O–H groups in total. The van der Waals surface area contributed by atoms with Gasteiger partial charge in [-0.2, -0.15) is 5.26 Å². The Morgan fingerprint density at radius 1 is 1.32 bits per heavy atom. The first-order valence-corrected chi connectivity index (χ1v) is 12.4. The molecule has 0 saturated heterocycles. The van der Waals surface area contributed by atoms with Gasteiger partial charge in [-0.15, -0.1) is 0 Å². The molecule has 2 aliphatic rings. The number of aliphatic hydroxyl groups excluding tert-OH is 1. The van der Waals surface area contributed by atoms with Crippen molar-refractivity contribution in [3.8, 4) is 6.07 Å². The lowest BCUT2D eigenvalue weighted by atomic mass is 9.92. The Morgan fingerprint density at radius 3 is 2.71 bits per heavy atom. The summed E-state index contributed by atoms with van der Waals surface area (Å²) in [6, 6.07) is 12.5. The maximum absolute atomic E-state index is 10.1. The van der Waals surface area contributed by atoms with E-state index >= 15 is 0 Å². The van der Waals surface area contributed by atoms with E-state index in [-0.39, 0.29) is 12.6 Å². The zero-order valence-electron chi connectivity index (χ0n) is 20.5. The number of nitriles is 1. The number of hydrogen-bond donors (Lipinski definition) is 2. The summed E-state index contributed by atoms with van der Waals surface area (Å²) < 4.78 is 11.8. The first kappa shape index (κ1) is 25.9. The molecule has 0 amide bonds. The molecule has 1 fully saturated rings. The zero-order valence-corrected chi connectivity index (χ0v) is 20.5.